The first kappa shape index (κ1) is 22.6. The molecule has 166 valence electrons. The number of hydrogen-bond donors (Lipinski definition) is 1. The number of amides is 3. The molecule has 2 atom stereocenters. The Balaban J connectivity index is 1.88. The number of methoxy groups -OCH3 is 1. The van der Waals surface area contributed by atoms with Crippen LogP contribution in [-0.2, 0) is 15.1 Å². The van der Waals surface area contributed by atoms with Crippen molar-refractivity contribution in [2.45, 2.75) is 39.3 Å². The maximum absolute atomic E-state index is 14.3. The van der Waals surface area contributed by atoms with E-state index < -0.39 is 41.4 Å². The molecule has 0 unspecified atom stereocenters. The van der Waals surface area contributed by atoms with E-state index in [-0.39, 0.29) is 11.6 Å². The summed E-state index contributed by atoms with van der Waals surface area (Å²) in [5.41, 5.74) is -0.195. The number of urea groups is 1. The normalized spacial score (nSPS) is 19.6. The Bertz CT molecular complexity index is 1070. The Hall–Kier alpha value is -3.07. The molecule has 1 saturated heterocycles. The summed E-state index contributed by atoms with van der Waals surface area (Å²) in [6, 6.07) is 3.52. The molecule has 1 aliphatic rings. The summed E-state index contributed by atoms with van der Waals surface area (Å²) in [4.78, 5) is 39.2. The van der Waals surface area contributed by atoms with Crippen LogP contribution in [0.15, 0.2) is 24.3 Å². The summed E-state index contributed by atoms with van der Waals surface area (Å²) >= 11 is 0. The molecular weight excluding hydrogens is 408 g/mol. The topological polar surface area (TPSA) is 80.6 Å². The van der Waals surface area contributed by atoms with Gasteiger partial charge in [0.1, 0.15) is 17.2 Å². The Labute approximate surface area is 179 Å². The van der Waals surface area contributed by atoms with E-state index in [2.05, 4.69) is 5.32 Å². The summed E-state index contributed by atoms with van der Waals surface area (Å²) < 4.78 is 35.1. The SMILES string of the molecule is COC[C@H](C)n1c(C)cc(C(=O)CN2C(=O)N[C@](C)(c3cc(F)ccc3F)C2=O)c1C. The monoisotopic (exact) mass is 433 g/mol. The van der Waals surface area contributed by atoms with Gasteiger partial charge in [-0.15, -0.1) is 0 Å². The van der Waals surface area contributed by atoms with Gasteiger partial charge < -0.3 is 14.6 Å². The lowest BCUT2D eigenvalue weighted by atomic mass is 9.91. The Morgan fingerprint density at radius 2 is 1.90 bits per heavy atom. The van der Waals surface area contributed by atoms with E-state index in [1.165, 1.54) is 6.92 Å². The number of ketones is 1. The number of nitrogens with one attached hydrogen (secondary N) is 1. The first-order chi connectivity index (χ1) is 14.5. The molecule has 0 radical (unpaired) electrons. The van der Waals surface area contributed by atoms with Crippen LogP contribution >= 0.6 is 0 Å². The molecule has 7 nitrogen and oxygen atoms in total. The van der Waals surface area contributed by atoms with Crippen molar-refractivity contribution >= 4 is 17.7 Å². The summed E-state index contributed by atoms with van der Waals surface area (Å²) in [7, 11) is 1.59. The van der Waals surface area contributed by atoms with Gasteiger partial charge in [-0.2, -0.15) is 0 Å². The van der Waals surface area contributed by atoms with Gasteiger partial charge in [-0.1, -0.05) is 0 Å². The average Bonchev–Trinajstić information content (AvgIpc) is 3.11. The molecule has 31 heavy (non-hydrogen) atoms. The van der Waals surface area contributed by atoms with Crippen LogP contribution in [0.1, 0.15) is 47.2 Å². The van der Waals surface area contributed by atoms with Crippen LogP contribution in [0.5, 0.6) is 0 Å². The Morgan fingerprint density at radius 1 is 1.23 bits per heavy atom. The van der Waals surface area contributed by atoms with Crippen molar-refractivity contribution in [2.24, 2.45) is 0 Å². The van der Waals surface area contributed by atoms with Crippen LogP contribution in [0.2, 0.25) is 0 Å². The van der Waals surface area contributed by atoms with E-state index in [0.29, 0.717) is 17.9 Å². The van der Waals surface area contributed by atoms with Crippen LogP contribution < -0.4 is 5.32 Å². The van der Waals surface area contributed by atoms with Crippen LogP contribution in [0.25, 0.3) is 0 Å². The van der Waals surface area contributed by atoms with Gasteiger partial charge in [-0.3, -0.25) is 14.5 Å². The van der Waals surface area contributed by atoms with Gasteiger partial charge in [-0.05, 0) is 52.0 Å². The van der Waals surface area contributed by atoms with Crippen molar-refractivity contribution in [1.82, 2.24) is 14.8 Å². The molecule has 1 aliphatic heterocycles. The van der Waals surface area contributed by atoms with Crippen molar-refractivity contribution < 1.29 is 27.9 Å². The number of Topliss-reactive ketones (excluding diaryl/α,β-unsaturated/α-hetero) is 1. The third-order valence-corrected chi connectivity index (χ3v) is 5.68. The van der Waals surface area contributed by atoms with Gasteiger partial charge in [0.2, 0.25) is 0 Å². The predicted octanol–water partition coefficient (Wildman–Crippen LogP) is 3.24. The maximum atomic E-state index is 14.3. The molecule has 0 aliphatic carbocycles. The van der Waals surface area contributed by atoms with E-state index in [4.69, 9.17) is 4.74 Å². The molecular formula is C22H25F2N3O4. The summed E-state index contributed by atoms with van der Waals surface area (Å²) in [5, 5.41) is 2.39. The largest absolute Gasteiger partial charge is 0.383 e. The van der Waals surface area contributed by atoms with E-state index >= 15 is 0 Å². The molecule has 1 aromatic heterocycles. The van der Waals surface area contributed by atoms with E-state index in [1.54, 1.807) is 20.1 Å². The fourth-order valence-electron chi connectivity index (χ4n) is 4.19. The number of rotatable bonds is 7. The Kier molecular flexibility index (Phi) is 6.00. The first-order valence-corrected chi connectivity index (χ1v) is 9.81. The number of aromatic nitrogens is 1. The fourth-order valence-corrected chi connectivity index (χ4v) is 4.19. The second-order valence-corrected chi connectivity index (χ2v) is 7.95. The lowest BCUT2D eigenvalue weighted by molar-refractivity contribution is -0.130. The van der Waals surface area contributed by atoms with Crippen LogP contribution in [0, 0.1) is 25.5 Å². The number of carbonyl (C=O) groups excluding carboxylic acids is 3. The highest BCUT2D eigenvalue weighted by atomic mass is 19.1. The van der Waals surface area contributed by atoms with Gasteiger partial charge in [0, 0.05) is 29.6 Å². The lowest BCUT2D eigenvalue weighted by Gasteiger charge is -2.22. The summed E-state index contributed by atoms with van der Waals surface area (Å²) in [5.74, 6) is -2.83. The van der Waals surface area contributed by atoms with Crippen molar-refractivity contribution in [3.63, 3.8) is 0 Å². The maximum Gasteiger partial charge on any atom is 0.325 e. The fraction of sp³-hybridized carbons (Fsp3) is 0.409. The van der Waals surface area contributed by atoms with Crippen LogP contribution in [0.3, 0.4) is 0 Å². The number of ether oxygens (including phenoxy) is 1. The van der Waals surface area contributed by atoms with E-state index in [0.717, 1.165) is 28.8 Å². The number of nitrogens with zero attached hydrogens (tertiary/aromatic N) is 2. The number of hydrogen-bond acceptors (Lipinski definition) is 4. The average molecular weight is 433 g/mol. The predicted molar refractivity (Wildman–Crippen MR) is 109 cm³/mol. The van der Waals surface area contributed by atoms with Gasteiger partial charge in [0.15, 0.2) is 5.78 Å². The molecule has 0 saturated carbocycles. The van der Waals surface area contributed by atoms with Gasteiger partial charge in [0.05, 0.1) is 19.2 Å². The van der Waals surface area contributed by atoms with Crippen molar-refractivity contribution in [1.29, 1.82) is 0 Å². The summed E-state index contributed by atoms with van der Waals surface area (Å²) in [6.45, 7) is 6.81. The van der Waals surface area contributed by atoms with E-state index in [9.17, 15) is 23.2 Å². The second-order valence-electron chi connectivity index (χ2n) is 7.95. The zero-order valence-corrected chi connectivity index (χ0v) is 18.1. The highest BCUT2D eigenvalue weighted by molar-refractivity contribution is 6.11. The molecule has 3 rings (SSSR count). The van der Waals surface area contributed by atoms with Crippen LogP contribution in [-0.4, -0.2) is 47.4 Å². The molecule has 2 heterocycles. The second kappa shape index (κ2) is 8.22. The third-order valence-electron chi connectivity index (χ3n) is 5.68. The molecule has 1 N–H and O–H groups in total. The molecule has 1 fully saturated rings. The number of halogens is 2. The molecule has 0 spiro atoms. The minimum Gasteiger partial charge on any atom is -0.383 e. The molecule has 0 bridgehead atoms. The number of imide groups is 1. The summed E-state index contributed by atoms with van der Waals surface area (Å²) in [6.07, 6.45) is 0. The molecule has 2 aromatic rings. The van der Waals surface area contributed by atoms with Crippen molar-refractivity contribution in [3.8, 4) is 0 Å². The van der Waals surface area contributed by atoms with Gasteiger partial charge >= 0.3 is 6.03 Å². The minimum absolute atomic E-state index is 0.0116. The highest BCUT2D eigenvalue weighted by Gasteiger charge is 2.51. The smallest absolute Gasteiger partial charge is 0.325 e. The number of carbonyl (C=O) groups is 3. The van der Waals surface area contributed by atoms with E-state index in [1.807, 2.05) is 18.4 Å². The minimum atomic E-state index is -1.81. The standard InChI is InChI=1S/C22H25F2N3O4/c1-12-8-16(14(3)27(12)13(2)11-31-5)19(28)10-26-20(29)22(4,25-21(26)30)17-9-15(23)6-7-18(17)24/h6-9,13H,10-11H2,1-5H3,(H,25,30)/t13-,22+/m0/s1. The highest BCUT2D eigenvalue weighted by Crippen LogP contribution is 2.31. The zero-order chi connectivity index (χ0) is 23.1. The Morgan fingerprint density at radius 3 is 2.55 bits per heavy atom. The zero-order valence-electron chi connectivity index (χ0n) is 18.1. The lowest BCUT2D eigenvalue weighted by Crippen LogP contribution is -2.42. The van der Waals surface area contributed by atoms with Gasteiger partial charge in [-0.25, -0.2) is 13.6 Å². The molecule has 3 amide bonds. The molecule has 1 aromatic carbocycles. The van der Waals surface area contributed by atoms with Gasteiger partial charge in [0.25, 0.3) is 5.91 Å². The number of aryl methyl sites for hydroxylation is 1. The van der Waals surface area contributed by atoms with Crippen LogP contribution in [0.4, 0.5) is 13.6 Å². The molecule has 9 heteroatoms. The van der Waals surface area contributed by atoms with Crippen molar-refractivity contribution in [3.05, 3.63) is 58.4 Å². The third kappa shape index (κ3) is 3.85. The number of benzene rings is 1. The quantitative estimate of drug-likeness (QED) is 0.537. The first-order valence-electron chi connectivity index (χ1n) is 9.81. The van der Waals surface area contributed by atoms with Crippen molar-refractivity contribution in [2.75, 3.05) is 20.3 Å².